The highest BCUT2D eigenvalue weighted by Gasteiger charge is 2.13. The molecule has 1 rings (SSSR count). The number of hydrogen-bond donors (Lipinski definition) is 1. The first kappa shape index (κ1) is 15.4. The predicted molar refractivity (Wildman–Crippen MR) is 72.1 cm³/mol. The molecule has 0 aliphatic rings. The summed E-state index contributed by atoms with van der Waals surface area (Å²) < 4.78 is 36.0. The van der Waals surface area contributed by atoms with Crippen molar-refractivity contribution in [2.45, 2.75) is 6.42 Å². The van der Waals surface area contributed by atoms with E-state index in [4.69, 9.17) is 5.73 Å². The van der Waals surface area contributed by atoms with Crippen LogP contribution in [0.5, 0.6) is 0 Å². The second kappa shape index (κ2) is 6.51. The van der Waals surface area contributed by atoms with Crippen LogP contribution in [0, 0.1) is 5.82 Å². The van der Waals surface area contributed by atoms with Crippen molar-refractivity contribution >= 4 is 21.4 Å². The van der Waals surface area contributed by atoms with Crippen LogP contribution in [0.25, 0.3) is 0 Å². The third kappa shape index (κ3) is 5.69. The fraction of sp³-hybridized carbons (Fsp3) is 0.417. The summed E-state index contributed by atoms with van der Waals surface area (Å²) in [5, 5.41) is 0. The van der Waals surface area contributed by atoms with Gasteiger partial charge in [-0.05, 0) is 24.3 Å². The van der Waals surface area contributed by atoms with Crippen molar-refractivity contribution in [2.75, 3.05) is 30.0 Å². The lowest BCUT2D eigenvalue weighted by Gasteiger charge is -2.19. The first-order valence-electron chi connectivity index (χ1n) is 5.75. The van der Waals surface area contributed by atoms with Crippen LogP contribution < -0.4 is 10.6 Å². The van der Waals surface area contributed by atoms with Crippen LogP contribution in [0.1, 0.15) is 6.42 Å². The molecule has 0 fully saturated rings. The minimum absolute atomic E-state index is 0.0752. The van der Waals surface area contributed by atoms with Crippen LogP contribution in [-0.4, -0.2) is 39.4 Å². The van der Waals surface area contributed by atoms with E-state index in [0.717, 1.165) is 5.69 Å². The summed E-state index contributed by atoms with van der Waals surface area (Å²) in [6.45, 7) is 0.271. The Bertz CT molecular complexity index is 528. The number of carbonyl (C=O) groups excluding carboxylic acids is 1. The van der Waals surface area contributed by atoms with Gasteiger partial charge >= 0.3 is 0 Å². The zero-order chi connectivity index (χ0) is 14.5. The zero-order valence-corrected chi connectivity index (χ0v) is 11.5. The molecule has 0 unspecified atom stereocenters. The molecule has 2 N–H and O–H groups in total. The Hall–Kier alpha value is -1.63. The second-order valence-electron chi connectivity index (χ2n) is 4.27. The Balaban J connectivity index is 2.51. The smallest absolute Gasteiger partial charge is 0.218 e. The minimum atomic E-state index is -3.30. The molecule has 19 heavy (non-hydrogen) atoms. The third-order valence-corrected chi connectivity index (χ3v) is 4.30. The highest BCUT2D eigenvalue weighted by molar-refractivity contribution is 7.91. The number of anilines is 1. The molecule has 0 aromatic heterocycles. The van der Waals surface area contributed by atoms with Gasteiger partial charge in [-0.1, -0.05) is 0 Å². The van der Waals surface area contributed by atoms with Gasteiger partial charge in [0.25, 0.3) is 0 Å². The quantitative estimate of drug-likeness (QED) is 0.794. The molecule has 0 saturated carbocycles. The topological polar surface area (TPSA) is 80.5 Å². The standard InChI is InChI=1S/C12H17FN2O3S/c1-15(11-4-2-10(13)3-5-11)7-9-19(17,18)8-6-12(14)16/h2-5H,6-9H2,1H3,(H2,14,16). The fourth-order valence-electron chi connectivity index (χ4n) is 1.46. The van der Waals surface area contributed by atoms with Crippen LogP contribution in [0.4, 0.5) is 10.1 Å². The van der Waals surface area contributed by atoms with E-state index < -0.39 is 15.7 Å². The molecule has 1 aromatic rings. The normalized spacial score (nSPS) is 11.3. The Morgan fingerprint density at radius 3 is 2.37 bits per heavy atom. The molecule has 0 aliphatic heterocycles. The highest BCUT2D eigenvalue weighted by atomic mass is 32.2. The van der Waals surface area contributed by atoms with Crippen LogP contribution in [0.15, 0.2) is 24.3 Å². The van der Waals surface area contributed by atoms with Crippen molar-refractivity contribution in [3.8, 4) is 0 Å². The number of hydrogen-bond acceptors (Lipinski definition) is 4. The number of carbonyl (C=O) groups is 1. The first-order chi connectivity index (χ1) is 8.80. The maximum absolute atomic E-state index is 12.7. The van der Waals surface area contributed by atoms with E-state index in [1.54, 1.807) is 24.1 Å². The molecule has 0 aliphatic carbocycles. The molecule has 106 valence electrons. The fourth-order valence-corrected chi connectivity index (χ4v) is 2.73. The maximum atomic E-state index is 12.7. The number of primary amides is 1. The Morgan fingerprint density at radius 1 is 1.26 bits per heavy atom. The van der Waals surface area contributed by atoms with Gasteiger partial charge in [-0.25, -0.2) is 12.8 Å². The van der Waals surface area contributed by atoms with E-state index in [1.807, 2.05) is 0 Å². The molecule has 0 heterocycles. The van der Waals surface area contributed by atoms with Gasteiger partial charge in [-0.15, -0.1) is 0 Å². The van der Waals surface area contributed by atoms with Crippen LogP contribution in [-0.2, 0) is 14.6 Å². The van der Waals surface area contributed by atoms with E-state index in [2.05, 4.69) is 0 Å². The number of sulfone groups is 1. The van der Waals surface area contributed by atoms with Gasteiger partial charge in [0, 0.05) is 25.7 Å². The molecule has 1 aromatic carbocycles. The Kier molecular flexibility index (Phi) is 5.29. The van der Waals surface area contributed by atoms with Crippen molar-refractivity contribution in [1.29, 1.82) is 0 Å². The Morgan fingerprint density at radius 2 is 1.84 bits per heavy atom. The maximum Gasteiger partial charge on any atom is 0.218 e. The molecule has 1 amide bonds. The monoisotopic (exact) mass is 288 g/mol. The molecule has 0 radical (unpaired) electrons. The molecule has 0 spiro atoms. The number of halogens is 1. The number of amides is 1. The molecule has 5 nitrogen and oxygen atoms in total. The SMILES string of the molecule is CN(CCS(=O)(=O)CCC(N)=O)c1ccc(F)cc1. The second-order valence-corrected chi connectivity index (χ2v) is 6.57. The molecule has 0 atom stereocenters. The van der Waals surface area contributed by atoms with Crippen LogP contribution >= 0.6 is 0 Å². The van der Waals surface area contributed by atoms with E-state index in [9.17, 15) is 17.6 Å². The van der Waals surface area contributed by atoms with E-state index in [1.165, 1.54) is 12.1 Å². The summed E-state index contributed by atoms with van der Waals surface area (Å²) in [4.78, 5) is 12.3. The van der Waals surface area contributed by atoms with Gasteiger partial charge in [0.1, 0.15) is 5.82 Å². The summed E-state index contributed by atoms with van der Waals surface area (Å²) in [7, 11) is -1.59. The van der Waals surface area contributed by atoms with Gasteiger partial charge in [-0.2, -0.15) is 0 Å². The highest BCUT2D eigenvalue weighted by Crippen LogP contribution is 2.13. The van der Waals surface area contributed by atoms with Crippen molar-refractivity contribution < 1.29 is 17.6 Å². The van der Waals surface area contributed by atoms with Gasteiger partial charge in [0.05, 0.1) is 11.5 Å². The average molecular weight is 288 g/mol. The van der Waals surface area contributed by atoms with Gasteiger partial charge in [0.15, 0.2) is 9.84 Å². The Labute approximate surface area is 112 Å². The summed E-state index contributed by atoms with van der Waals surface area (Å²) >= 11 is 0. The largest absolute Gasteiger partial charge is 0.374 e. The number of nitrogens with two attached hydrogens (primary N) is 1. The lowest BCUT2D eigenvalue weighted by molar-refractivity contribution is -0.117. The van der Waals surface area contributed by atoms with Gasteiger partial charge in [-0.3, -0.25) is 4.79 Å². The predicted octanol–water partition coefficient (Wildman–Crippen LogP) is 0.552. The van der Waals surface area contributed by atoms with E-state index >= 15 is 0 Å². The van der Waals surface area contributed by atoms with Crippen LogP contribution in [0.3, 0.4) is 0 Å². The number of benzene rings is 1. The van der Waals surface area contributed by atoms with Crippen LogP contribution in [0.2, 0.25) is 0 Å². The summed E-state index contributed by atoms with van der Waals surface area (Å²) in [6.07, 6.45) is -0.164. The van der Waals surface area contributed by atoms with Crippen molar-refractivity contribution in [3.05, 3.63) is 30.1 Å². The molecule has 0 saturated heterocycles. The average Bonchev–Trinajstić information content (AvgIpc) is 2.35. The zero-order valence-electron chi connectivity index (χ0n) is 10.7. The minimum Gasteiger partial charge on any atom is -0.374 e. The first-order valence-corrected chi connectivity index (χ1v) is 7.58. The third-order valence-electron chi connectivity index (χ3n) is 2.66. The van der Waals surface area contributed by atoms with Gasteiger partial charge < -0.3 is 10.6 Å². The lowest BCUT2D eigenvalue weighted by Crippen LogP contribution is -2.27. The summed E-state index contributed by atoms with van der Waals surface area (Å²) in [5.74, 6) is -1.28. The molecular weight excluding hydrogens is 271 g/mol. The molecular formula is C12H17FN2O3S. The lowest BCUT2D eigenvalue weighted by atomic mass is 10.3. The van der Waals surface area contributed by atoms with Gasteiger partial charge in [0.2, 0.25) is 5.91 Å². The van der Waals surface area contributed by atoms with Crippen molar-refractivity contribution in [3.63, 3.8) is 0 Å². The molecule has 7 heteroatoms. The van der Waals surface area contributed by atoms with Crippen molar-refractivity contribution in [2.24, 2.45) is 5.73 Å². The van der Waals surface area contributed by atoms with E-state index in [-0.39, 0.29) is 30.3 Å². The molecule has 0 bridgehead atoms. The number of nitrogens with zero attached hydrogens (tertiary/aromatic N) is 1. The summed E-state index contributed by atoms with van der Waals surface area (Å²) in [5.41, 5.74) is 5.64. The van der Waals surface area contributed by atoms with E-state index in [0.29, 0.717) is 0 Å². The van der Waals surface area contributed by atoms with Crippen molar-refractivity contribution in [1.82, 2.24) is 0 Å². The summed E-state index contributed by atoms with van der Waals surface area (Å²) in [6, 6.07) is 5.78. The number of rotatable bonds is 7.